The molecule has 0 spiro atoms. The lowest BCUT2D eigenvalue weighted by Gasteiger charge is -2.29. The van der Waals surface area contributed by atoms with Crippen molar-refractivity contribution < 1.29 is 17.5 Å². The molecular formula is C21H23BrClFN4O3S. The molecule has 1 aromatic heterocycles. The Morgan fingerprint density at radius 3 is 2.59 bits per heavy atom. The van der Waals surface area contributed by atoms with E-state index in [-0.39, 0.29) is 15.9 Å². The maximum absolute atomic E-state index is 14.6. The van der Waals surface area contributed by atoms with E-state index in [0.717, 1.165) is 5.69 Å². The molecule has 1 saturated carbocycles. The third kappa shape index (κ3) is 4.23. The number of nitrogens with one attached hydrogen (secondary N) is 1. The zero-order valence-corrected chi connectivity index (χ0v) is 20.3. The van der Waals surface area contributed by atoms with Gasteiger partial charge in [0.25, 0.3) is 0 Å². The van der Waals surface area contributed by atoms with E-state index in [2.05, 4.69) is 26.2 Å². The number of morpholine rings is 1. The molecule has 2 aliphatic heterocycles. The second-order valence-corrected chi connectivity index (χ2v) is 11.6. The normalized spacial score (nSPS) is 25.6. The molecule has 0 bridgehead atoms. The van der Waals surface area contributed by atoms with Gasteiger partial charge in [0, 0.05) is 44.6 Å². The minimum absolute atomic E-state index is 0.139. The highest BCUT2D eigenvalue weighted by atomic mass is 79.9. The van der Waals surface area contributed by atoms with E-state index < -0.39 is 10.0 Å². The average molecular weight is 546 g/mol. The van der Waals surface area contributed by atoms with Crippen LogP contribution >= 0.6 is 27.5 Å². The summed E-state index contributed by atoms with van der Waals surface area (Å²) >= 11 is 9.11. The second-order valence-electron chi connectivity index (χ2n) is 8.40. The van der Waals surface area contributed by atoms with Crippen molar-refractivity contribution in [1.82, 2.24) is 9.29 Å². The quantitative estimate of drug-likeness (QED) is 0.561. The number of benzene rings is 1. The largest absolute Gasteiger partial charge is 0.385 e. The minimum Gasteiger partial charge on any atom is -0.385 e. The molecule has 2 unspecified atom stereocenters. The molecule has 172 valence electrons. The Morgan fingerprint density at radius 1 is 1.22 bits per heavy atom. The summed E-state index contributed by atoms with van der Waals surface area (Å²) in [5.41, 5.74) is 1.34. The third-order valence-electron chi connectivity index (χ3n) is 6.59. The molecule has 2 aromatic rings. The van der Waals surface area contributed by atoms with Crippen molar-refractivity contribution in [3.63, 3.8) is 0 Å². The molecule has 32 heavy (non-hydrogen) atoms. The number of anilines is 2. The van der Waals surface area contributed by atoms with Gasteiger partial charge >= 0.3 is 0 Å². The molecule has 11 heteroatoms. The van der Waals surface area contributed by atoms with Crippen molar-refractivity contribution in [1.29, 1.82) is 0 Å². The maximum Gasteiger partial charge on any atom is 0.244 e. The first-order valence-corrected chi connectivity index (χ1v) is 13.1. The van der Waals surface area contributed by atoms with Crippen LogP contribution in [0.2, 0.25) is 5.15 Å². The maximum atomic E-state index is 14.6. The summed E-state index contributed by atoms with van der Waals surface area (Å²) in [5, 5.41) is 3.55. The van der Waals surface area contributed by atoms with Crippen LogP contribution < -0.4 is 10.2 Å². The van der Waals surface area contributed by atoms with Gasteiger partial charge in [-0.2, -0.15) is 4.31 Å². The fraction of sp³-hybridized carbons (Fsp3) is 0.476. The van der Waals surface area contributed by atoms with Gasteiger partial charge in [-0.05, 0) is 57.9 Å². The number of fused-ring (bicyclic) bond motifs is 1. The number of sulfonamides is 1. The molecular weight excluding hydrogens is 523 g/mol. The molecule has 0 radical (unpaired) electrons. The first kappa shape index (κ1) is 22.3. The lowest BCUT2D eigenvalue weighted by molar-refractivity contribution is 0.122. The Hall–Kier alpha value is -1.46. The van der Waals surface area contributed by atoms with Gasteiger partial charge in [-0.1, -0.05) is 11.6 Å². The van der Waals surface area contributed by atoms with E-state index in [1.54, 1.807) is 0 Å². The highest BCUT2D eigenvalue weighted by Gasteiger charge is 2.57. The van der Waals surface area contributed by atoms with Crippen LogP contribution in [0.4, 0.5) is 15.8 Å². The van der Waals surface area contributed by atoms with E-state index in [4.69, 9.17) is 16.3 Å². The number of rotatable bonds is 6. The van der Waals surface area contributed by atoms with Gasteiger partial charge < -0.3 is 15.0 Å². The predicted molar refractivity (Wildman–Crippen MR) is 124 cm³/mol. The standard InChI is InChI=1S/C21H23BrClFN4O3S/c22-18-8-14(9-26-21(18)23)32(29,30)28-11-16-15(17(16)12-28)10-25-13-1-2-20(19(24)7-13)27-3-5-31-6-4-27/h1-2,7-9,15-17,25H,3-6,10-12H2. The number of ether oxygens (including phenoxy) is 1. The fourth-order valence-electron chi connectivity index (χ4n) is 4.72. The molecule has 0 amide bonds. The van der Waals surface area contributed by atoms with Gasteiger partial charge in [0.15, 0.2) is 0 Å². The van der Waals surface area contributed by atoms with E-state index in [9.17, 15) is 12.8 Å². The highest BCUT2D eigenvalue weighted by Crippen LogP contribution is 2.52. The van der Waals surface area contributed by atoms with Gasteiger partial charge in [0.05, 0.1) is 23.4 Å². The average Bonchev–Trinajstić information content (AvgIpc) is 3.22. The topological polar surface area (TPSA) is 74.8 Å². The molecule has 3 aliphatic rings. The number of halogens is 3. The zero-order valence-electron chi connectivity index (χ0n) is 17.2. The number of nitrogens with zero attached hydrogens (tertiary/aromatic N) is 3. The predicted octanol–water partition coefficient (Wildman–Crippen LogP) is 3.45. The molecule has 1 aliphatic carbocycles. The Kier molecular flexibility index (Phi) is 6.08. The Balaban J connectivity index is 1.16. The van der Waals surface area contributed by atoms with Crippen LogP contribution in [0.3, 0.4) is 0 Å². The van der Waals surface area contributed by atoms with Gasteiger partial charge in [-0.15, -0.1) is 0 Å². The Bertz CT molecular complexity index is 1120. The SMILES string of the molecule is O=S(=O)(c1cnc(Cl)c(Br)c1)N1CC2C(CNc3ccc(N4CCOCC4)c(F)c3)C2C1. The van der Waals surface area contributed by atoms with Crippen molar-refractivity contribution >= 4 is 48.9 Å². The summed E-state index contributed by atoms with van der Waals surface area (Å²) in [6.07, 6.45) is 1.29. The van der Waals surface area contributed by atoms with Crippen LogP contribution in [0.5, 0.6) is 0 Å². The zero-order chi connectivity index (χ0) is 22.5. The van der Waals surface area contributed by atoms with Gasteiger partial charge in [-0.3, -0.25) is 0 Å². The first-order chi connectivity index (χ1) is 15.3. The summed E-state index contributed by atoms with van der Waals surface area (Å²) in [7, 11) is -3.59. The molecule has 7 nitrogen and oxygen atoms in total. The number of pyridine rings is 1. The van der Waals surface area contributed by atoms with E-state index in [1.807, 2.05) is 17.0 Å². The van der Waals surface area contributed by atoms with Crippen molar-refractivity contribution in [2.75, 3.05) is 56.2 Å². The number of aromatic nitrogens is 1. The Labute approximate surface area is 200 Å². The molecule has 2 saturated heterocycles. The molecule has 1 N–H and O–H groups in total. The number of piperidine rings is 1. The van der Waals surface area contributed by atoms with Crippen LogP contribution in [-0.2, 0) is 14.8 Å². The number of hydrogen-bond donors (Lipinski definition) is 1. The van der Waals surface area contributed by atoms with Crippen LogP contribution in [-0.4, -0.2) is 63.6 Å². The monoisotopic (exact) mass is 544 g/mol. The summed E-state index contributed by atoms with van der Waals surface area (Å²) in [4.78, 5) is 6.07. The van der Waals surface area contributed by atoms with Crippen LogP contribution in [0.15, 0.2) is 39.8 Å². The molecule has 5 rings (SSSR count). The van der Waals surface area contributed by atoms with Crippen LogP contribution in [0, 0.1) is 23.6 Å². The van der Waals surface area contributed by atoms with Crippen molar-refractivity contribution in [3.05, 3.63) is 45.9 Å². The fourth-order valence-corrected chi connectivity index (χ4v) is 6.81. The summed E-state index contributed by atoms with van der Waals surface area (Å²) in [6, 6.07) is 6.73. The summed E-state index contributed by atoms with van der Waals surface area (Å²) < 4.78 is 47.7. The Morgan fingerprint density at radius 2 is 1.94 bits per heavy atom. The summed E-state index contributed by atoms with van der Waals surface area (Å²) in [6.45, 7) is 4.29. The third-order valence-corrected chi connectivity index (χ3v) is 9.52. The second kappa shape index (κ2) is 8.72. The molecule has 3 fully saturated rings. The lowest BCUT2D eigenvalue weighted by Crippen LogP contribution is -2.36. The van der Waals surface area contributed by atoms with Crippen LogP contribution in [0.25, 0.3) is 0 Å². The van der Waals surface area contributed by atoms with Crippen molar-refractivity contribution in [3.8, 4) is 0 Å². The first-order valence-electron chi connectivity index (χ1n) is 10.5. The molecule has 3 heterocycles. The smallest absolute Gasteiger partial charge is 0.244 e. The van der Waals surface area contributed by atoms with Crippen molar-refractivity contribution in [2.24, 2.45) is 17.8 Å². The molecule has 1 aromatic carbocycles. The van der Waals surface area contributed by atoms with Crippen molar-refractivity contribution in [2.45, 2.75) is 4.90 Å². The van der Waals surface area contributed by atoms with E-state index in [1.165, 1.54) is 22.6 Å². The minimum atomic E-state index is -3.59. The van der Waals surface area contributed by atoms with Gasteiger partial charge in [0.1, 0.15) is 15.9 Å². The van der Waals surface area contributed by atoms with Crippen LogP contribution in [0.1, 0.15) is 0 Å². The van der Waals surface area contributed by atoms with E-state index >= 15 is 0 Å². The lowest BCUT2D eigenvalue weighted by atomic mass is 10.2. The van der Waals surface area contributed by atoms with Gasteiger partial charge in [0.2, 0.25) is 10.0 Å². The highest BCUT2D eigenvalue weighted by molar-refractivity contribution is 9.10. The van der Waals surface area contributed by atoms with E-state index in [0.29, 0.717) is 73.9 Å². The van der Waals surface area contributed by atoms with Gasteiger partial charge in [-0.25, -0.2) is 17.8 Å². The summed E-state index contributed by atoms with van der Waals surface area (Å²) in [5.74, 6) is 0.781. The molecule has 2 atom stereocenters. The number of hydrogen-bond acceptors (Lipinski definition) is 6.